The molecular weight excluding hydrogens is 382 g/mol. The van der Waals surface area contributed by atoms with Crippen LogP contribution in [0.15, 0.2) is 48.5 Å². The first-order valence-corrected chi connectivity index (χ1v) is 10.1. The number of hydrogen-bond acceptors (Lipinski definition) is 5. The third kappa shape index (κ3) is 3.02. The number of hydrogen-bond donors (Lipinski definition) is 2. The Morgan fingerprint density at radius 2 is 2.13 bits per heavy atom. The van der Waals surface area contributed by atoms with Gasteiger partial charge in [-0.1, -0.05) is 24.3 Å². The molecule has 5 rings (SSSR count). The highest BCUT2D eigenvalue weighted by Gasteiger charge is 2.43. The summed E-state index contributed by atoms with van der Waals surface area (Å²) in [7, 11) is 1.62. The lowest BCUT2D eigenvalue weighted by Gasteiger charge is -2.28. The van der Waals surface area contributed by atoms with Crippen LogP contribution in [0.25, 0.3) is 11.3 Å². The molecule has 2 atom stereocenters. The van der Waals surface area contributed by atoms with Crippen molar-refractivity contribution in [1.29, 1.82) is 0 Å². The fourth-order valence-corrected chi connectivity index (χ4v) is 4.43. The van der Waals surface area contributed by atoms with Gasteiger partial charge in [-0.05, 0) is 42.7 Å². The molecule has 2 aromatic carbocycles. The van der Waals surface area contributed by atoms with Crippen LogP contribution < -0.4 is 4.74 Å². The number of phenols is 1. The number of aromatic hydroxyl groups is 1. The number of para-hydroxylation sites is 1. The number of nitrogens with one attached hydrogen (secondary N) is 1. The second-order valence-corrected chi connectivity index (χ2v) is 7.65. The lowest BCUT2D eigenvalue weighted by Crippen LogP contribution is -2.36. The molecule has 3 aromatic rings. The molecule has 0 spiro atoms. The van der Waals surface area contributed by atoms with Crippen LogP contribution in [0, 0.1) is 0 Å². The number of rotatable bonds is 5. The second-order valence-electron chi connectivity index (χ2n) is 7.65. The maximum absolute atomic E-state index is 13.4. The van der Waals surface area contributed by atoms with E-state index in [-0.39, 0.29) is 23.8 Å². The number of fused-ring (bicyclic) bond motifs is 1. The van der Waals surface area contributed by atoms with Crippen molar-refractivity contribution >= 4 is 5.91 Å². The summed E-state index contributed by atoms with van der Waals surface area (Å²) in [5.41, 5.74) is 3.33. The first-order valence-electron chi connectivity index (χ1n) is 10.1. The normalized spacial score (nSPS) is 20.6. The molecule has 1 amide bonds. The molecule has 0 bridgehead atoms. The predicted octanol–water partition coefficient (Wildman–Crippen LogP) is 3.52. The van der Waals surface area contributed by atoms with Gasteiger partial charge in [0.2, 0.25) is 0 Å². The number of nitrogens with zero attached hydrogens (tertiary/aromatic N) is 2. The number of aromatic nitrogens is 2. The molecular formula is C23H23N3O4. The maximum Gasteiger partial charge on any atom is 0.273 e. The van der Waals surface area contributed by atoms with Crippen LogP contribution in [0.4, 0.5) is 0 Å². The lowest BCUT2D eigenvalue weighted by molar-refractivity contribution is 0.0495. The zero-order valence-electron chi connectivity index (χ0n) is 16.7. The van der Waals surface area contributed by atoms with E-state index in [1.165, 1.54) is 0 Å². The monoisotopic (exact) mass is 405 g/mol. The van der Waals surface area contributed by atoms with Crippen LogP contribution in [0.5, 0.6) is 11.5 Å². The highest BCUT2D eigenvalue weighted by atomic mass is 16.5. The number of aromatic amines is 1. The smallest absolute Gasteiger partial charge is 0.273 e. The number of amides is 1. The quantitative estimate of drug-likeness (QED) is 0.678. The van der Waals surface area contributed by atoms with Crippen molar-refractivity contribution in [2.45, 2.75) is 25.0 Å². The van der Waals surface area contributed by atoms with Gasteiger partial charge in [-0.25, -0.2) is 0 Å². The summed E-state index contributed by atoms with van der Waals surface area (Å²) >= 11 is 0. The average molecular weight is 405 g/mol. The summed E-state index contributed by atoms with van der Waals surface area (Å²) in [6.45, 7) is 1.23. The van der Waals surface area contributed by atoms with Crippen molar-refractivity contribution in [2.75, 3.05) is 20.3 Å². The number of carbonyl (C=O) groups is 1. The van der Waals surface area contributed by atoms with Gasteiger partial charge in [0.15, 0.2) is 0 Å². The van der Waals surface area contributed by atoms with Crippen LogP contribution in [-0.2, 0) is 4.74 Å². The first kappa shape index (κ1) is 18.7. The SMILES string of the molecule is COc1cccc([C@H]2c3c(-c4ccccc4O)n[nH]c3C(=O)N2C[C@@H]2CCCO2)c1. The molecule has 1 saturated heterocycles. The molecule has 1 aromatic heterocycles. The van der Waals surface area contributed by atoms with Crippen molar-refractivity contribution in [3.05, 3.63) is 65.4 Å². The van der Waals surface area contributed by atoms with Crippen LogP contribution in [0.1, 0.15) is 40.5 Å². The Hall–Kier alpha value is -3.32. The van der Waals surface area contributed by atoms with E-state index >= 15 is 0 Å². The van der Waals surface area contributed by atoms with Gasteiger partial charge in [-0.15, -0.1) is 0 Å². The van der Waals surface area contributed by atoms with E-state index in [1.54, 1.807) is 19.2 Å². The minimum absolute atomic E-state index is 0.0209. The third-order valence-corrected chi connectivity index (χ3v) is 5.86. The summed E-state index contributed by atoms with van der Waals surface area (Å²) in [6, 6.07) is 14.4. The molecule has 2 N–H and O–H groups in total. The molecule has 30 heavy (non-hydrogen) atoms. The Labute approximate surface area is 174 Å². The molecule has 3 heterocycles. The maximum atomic E-state index is 13.4. The average Bonchev–Trinajstić information content (AvgIpc) is 3.48. The van der Waals surface area contributed by atoms with Gasteiger partial charge in [0.1, 0.15) is 22.9 Å². The van der Waals surface area contributed by atoms with Crippen LogP contribution >= 0.6 is 0 Å². The van der Waals surface area contributed by atoms with Gasteiger partial charge in [0, 0.05) is 24.3 Å². The van der Waals surface area contributed by atoms with Crippen molar-refractivity contribution in [1.82, 2.24) is 15.1 Å². The largest absolute Gasteiger partial charge is 0.507 e. The standard InChI is InChI=1S/C23H23N3O4/c1-29-15-7-4-6-14(12-15)22-19-20(17-9-2-3-10-18(17)27)24-25-21(19)23(28)26(22)13-16-8-5-11-30-16/h2-4,6-7,9-10,12,16,22,27H,5,8,11,13H2,1H3,(H,24,25)/t16-,22-/m0/s1. The van der Waals surface area contributed by atoms with E-state index in [1.807, 2.05) is 41.3 Å². The van der Waals surface area contributed by atoms with Gasteiger partial charge in [-0.3, -0.25) is 9.89 Å². The molecule has 2 aliphatic heterocycles. The number of H-pyrrole nitrogens is 1. The fraction of sp³-hybridized carbons (Fsp3) is 0.304. The molecule has 7 nitrogen and oxygen atoms in total. The fourth-order valence-electron chi connectivity index (χ4n) is 4.43. The summed E-state index contributed by atoms with van der Waals surface area (Å²) in [4.78, 5) is 15.2. The Morgan fingerprint density at radius 3 is 2.90 bits per heavy atom. The Bertz CT molecular complexity index is 1090. The topological polar surface area (TPSA) is 87.7 Å². The van der Waals surface area contributed by atoms with E-state index in [9.17, 15) is 9.90 Å². The Balaban J connectivity index is 1.65. The van der Waals surface area contributed by atoms with Gasteiger partial charge >= 0.3 is 0 Å². The van der Waals surface area contributed by atoms with E-state index in [2.05, 4.69) is 10.2 Å². The summed E-state index contributed by atoms with van der Waals surface area (Å²) in [5.74, 6) is 0.738. The molecule has 0 aliphatic carbocycles. The van der Waals surface area contributed by atoms with Gasteiger partial charge in [0.05, 0.1) is 19.3 Å². The van der Waals surface area contributed by atoms with Crippen molar-refractivity contribution < 1.29 is 19.4 Å². The second kappa shape index (κ2) is 7.50. The molecule has 1 fully saturated rings. The van der Waals surface area contributed by atoms with Crippen LogP contribution in [0.2, 0.25) is 0 Å². The molecule has 2 aliphatic rings. The number of methoxy groups -OCH3 is 1. The Morgan fingerprint density at radius 1 is 1.27 bits per heavy atom. The highest BCUT2D eigenvalue weighted by Crippen LogP contribution is 2.45. The number of benzene rings is 2. The Kier molecular flexibility index (Phi) is 4.67. The highest BCUT2D eigenvalue weighted by molar-refractivity contribution is 6.00. The van der Waals surface area contributed by atoms with Gasteiger partial charge < -0.3 is 19.5 Å². The minimum atomic E-state index is -0.347. The predicted molar refractivity (Wildman–Crippen MR) is 111 cm³/mol. The van der Waals surface area contributed by atoms with Crippen molar-refractivity contribution in [2.24, 2.45) is 0 Å². The zero-order chi connectivity index (χ0) is 20.7. The zero-order valence-corrected chi connectivity index (χ0v) is 16.7. The molecule has 7 heteroatoms. The first-order chi connectivity index (χ1) is 14.7. The van der Waals surface area contributed by atoms with Gasteiger partial charge in [-0.2, -0.15) is 5.10 Å². The van der Waals surface area contributed by atoms with E-state index in [0.717, 1.165) is 36.3 Å². The summed E-state index contributed by atoms with van der Waals surface area (Å²) < 4.78 is 11.2. The summed E-state index contributed by atoms with van der Waals surface area (Å²) in [5, 5.41) is 17.8. The number of phenolic OH excluding ortho intramolecular Hbond substituents is 1. The lowest BCUT2D eigenvalue weighted by atomic mass is 9.95. The van der Waals surface area contributed by atoms with Crippen molar-refractivity contribution in [3.8, 4) is 22.8 Å². The van der Waals surface area contributed by atoms with E-state index < -0.39 is 0 Å². The van der Waals surface area contributed by atoms with Gasteiger partial charge in [0.25, 0.3) is 5.91 Å². The summed E-state index contributed by atoms with van der Waals surface area (Å²) in [6.07, 6.45) is 1.97. The van der Waals surface area contributed by atoms with E-state index in [0.29, 0.717) is 23.5 Å². The molecule has 0 unspecified atom stereocenters. The number of ether oxygens (including phenoxy) is 2. The molecule has 0 saturated carbocycles. The van der Waals surface area contributed by atoms with Crippen molar-refractivity contribution in [3.63, 3.8) is 0 Å². The van der Waals surface area contributed by atoms with Crippen LogP contribution in [0.3, 0.4) is 0 Å². The van der Waals surface area contributed by atoms with Crippen LogP contribution in [-0.4, -0.2) is 52.5 Å². The van der Waals surface area contributed by atoms with E-state index in [4.69, 9.17) is 9.47 Å². The third-order valence-electron chi connectivity index (χ3n) is 5.86. The number of carbonyl (C=O) groups excluding carboxylic acids is 1. The minimum Gasteiger partial charge on any atom is -0.507 e. The molecule has 0 radical (unpaired) electrons. The molecule has 154 valence electrons.